The van der Waals surface area contributed by atoms with Crippen molar-refractivity contribution in [2.24, 2.45) is 5.41 Å². The average Bonchev–Trinajstić information content (AvgIpc) is 2.64. The van der Waals surface area contributed by atoms with Gasteiger partial charge in [-0.15, -0.1) is 0 Å². The van der Waals surface area contributed by atoms with Crippen molar-refractivity contribution in [1.82, 2.24) is 0 Å². The molecule has 0 spiro atoms. The first kappa shape index (κ1) is 23.6. The summed E-state index contributed by atoms with van der Waals surface area (Å²) in [7, 11) is 2.65. The molecule has 2 aromatic rings. The van der Waals surface area contributed by atoms with E-state index in [9.17, 15) is 14.4 Å². The lowest BCUT2D eigenvalue weighted by molar-refractivity contribution is -0.144. The van der Waals surface area contributed by atoms with Gasteiger partial charge in [-0.25, -0.2) is 9.59 Å². The lowest BCUT2D eigenvalue weighted by Gasteiger charge is -2.21. The van der Waals surface area contributed by atoms with E-state index >= 15 is 0 Å². The highest BCUT2D eigenvalue weighted by atomic mass is 35.5. The van der Waals surface area contributed by atoms with E-state index in [0.717, 1.165) is 0 Å². The number of fused-ring (bicyclic) bond motifs is 1. The van der Waals surface area contributed by atoms with E-state index in [2.05, 4.69) is 0 Å². The topological polar surface area (TPSA) is 97.4 Å². The van der Waals surface area contributed by atoms with Crippen LogP contribution in [0.5, 0.6) is 17.2 Å². The van der Waals surface area contributed by atoms with Gasteiger partial charge < -0.3 is 23.7 Å². The molecular weight excluding hydrogens is 416 g/mol. The van der Waals surface area contributed by atoms with Crippen LogP contribution in [0.2, 0.25) is 5.02 Å². The summed E-state index contributed by atoms with van der Waals surface area (Å²) in [5.41, 5.74) is -0.860. The molecule has 0 aliphatic carbocycles. The first-order valence-electron chi connectivity index (χ1n) is 8.94. The van der Waals surface area contributed by atoms with Crippen molar-refractivity contribution < 1.29 is 38.1 Å². The van der Waals surface area contributed by atoms with E-state index in [1.807, 2.05) is 0 Å². The minimum absolute atomic E-state index is 0.0976. The van der Waals surface area contributed by atoms with Crippen molar-refractivity contribution in [3.8, 4) is 17.2 Å². The van der Waals surface area contributed by atoms with Gasteiger partial charge in [0.25, 0.3) is 0 Å². The maximum atomic E-state index is 12.6. The van der Waals surface area contributed by atoms with Gasteiger partial charge in [0.1, 0.15) is 13.2 Å². The van der Waals surface area contributed by atoms with Crippen molar-refractivity contribution in [3.63, 3.8) is 0 Å². The Bertz CT molecular complexity index is 962. The van der Waals surface area contributed by atoms with Crippen LogP contribution in [0.25, 0.3) is 10.8 Å². The zero-order valence-electron chi connectivity index (χ0n) is 17.4. The van der Waals surface area contributed by atoms with Crippen LogP contribution in [-0.2, 0) is 23.9 Å². The molecule has 0 radical (unpaired) electrons. The van der Waals surface area contributed by atoms with Crippen molar-refractivity contribution in [1.29, 1.82) is 0 Å². The number of halogens is 1. The van der Waals surface area contributed by atoms with Gasteiger partial charge in [0.2, 0.25) is 5.75 Å². The van der Waals surface area contributed by atoms with Crippen LogP contribution in [0.15, 0.2) is 24.3 Å². The van der Waals surface area contributed by atoms with Gasteiger partial charge in [0.15, 0.2) is 11.5 Å². The van der Waals surface area contributed by atoms with Crippen molar-refractivity contribution in [2.75, 3.05) is 27.4 Å². The third kappa shape index (κ3) is 5.91. The quantitative estimate of drug-likeness (QED) is 0.478. The number of rotatable bonds is 7. The highest BCUT2D eigenvalue weighted by molar-refractivity contribution is 6.31. The highest BCUT2D eigenvalue weighted by Gasteiger charge is 2.29. The molecule has 30 heavy (non-hydrogen) atoms. The van der Waals surface area contributed by atoms with E-state index < -0.39 is 23.3 Å². The van der Waals surface area contributed by atoms with Crippen LogP contribution in [0, 0.1) is 5.41 Å². The first-order chi connectivity index (χ1) is 14.1. The third-order valence-corrected chi connectivity index (χ3v) is 3.98. The molecule has 0 unspecified atom stereocenters. The second-order valence-corrected chi connectivity index (χ2v) is 7.79. The Hall–Kier alpha value is -2.68. The first-order valence-corrected chi connectivity index (χ1v) is 9.32. The second-order valence-electron chi connectivity index (χ2n) is 7.35. The number of methoxy groups -OCH3 is 2. The van der Waals surface area contributed by atoms with E-state index in [4.69, 9.17) is 35.3 Å². The molecule has 8 nitrogen and oxygen atoms in total. The molecule has 0 fully saturated rings. The van der Waals surface area contributed by atoms with Crippen molar-refractivity contribution in [2.45, 2.75) is 20.8 Å². The van der Waals surface area contributed by atoms with Crippen LogP contribution in [0.1, 0.15) is 20.8 Å². The molecule has 2 rings (SSSR count). The SMILES string of the molecule is COCC(=O)Oc1cc2ccc(Cl)cc2c(OC(=O)C(C)(C)C)c1OC(=O)COC. The van der Waals surface area contributed by atoms with Gasteiger partial charge in [-0.1, -0.05) is 17.7 Å². The monoisotopic (exact) mass is 438 g/mol. The van der Waals surface area contributed by atoms with Gasteiger partial charge in [-0.3, -0.25) is 4.79 Å². The maximum absolute atomic E-state index is 12.6. The summed E-state index contributed by atoms with van der Waals surface area (Å²) < 4.78 is 25.8. The molecule has 0 amide bonds. The summed E-state index contributed by atoms with van der Waals surface area (Å²) in [4.78, 5) is 36.8. The van der Waals surface area contributed by atoms with Gasteiger partial charge in [-0.05, 0) is 44.4 Å². The van der Waals surface area contributed by atoms with Gasteiger partial charge in [0.05, 0.1) is 5.41 Å². The van der Waals surface area contributed by atoms with Crippen LogP contribution in [-0.4, -0.2) is 45.3 Å². The van der Waals surface area contributed by atoms with Crippen LogP contribution >= 0.6 is 11.6 Å². The van der Waals surface area contributed by atoms with Crippen LogP contribution < -0.4 is 14.2 Å². The number of ether oxygens (including phenoxy) is 5. The zero-order valence-corrected chi connectivity index (χ0v) is 18.1. The number of hydrogen-bond donors (Lipinski definition) is 0. The number of carbonyl (C=O) groups excluding carboxylic acids is 3. The van der Waals surface area contributed by atoms with E-state index in [1.165, 1.54) is 20.3 Å². The fourth-order valence-corrected chi connectivity index (χ4v) is 2.51. The number of esters is 3. The van der Waals surface area contributed by atoms with Gasteiger partial charge in [0, 0.05) is 24.6 Å². The summed E-state index contributed by atoms with van der Waals surface area (Å²) in [5.74, 6) is -2.56. The maximum Gasteiger partial charge on any atom is 0.337 e. The second kappa shape index (κ2) is 9.88. The molecule has 9 heteroatoms. The lowest BCUT2D eigenvalue weighted by Crippen LogP contribution is -2.26. The van der Waals surface area contributed by atoms with E-state index in [-0.39, 0.29) is 30.5 Å². The third-order valence-electron chi connectivity index (χ3n) is 3.75. The predicted molar refractivity (Wildman–Crippen MR) is 109 cm³/mol. The van der Waals surface area contributed by atoms with Crippen molar-refractivity contribution >= 4 is 40.3 Å². The zero-order chi connectivity index (χ0) is 22.5. The Labute approximate surface area is 178 Å². The molecule has 0 aliphatic heterocycles. The lowest BCUT2D eigenvalue weighted by atomic mass is 9.97. The molecule has 0 aliphatic rings. The summed E-state index contributed by atoms with van der Waals surface area (Å²) in [6.45, 7) is 4.31. The Balaban J connectivity index is 2.72. The highest BCUT2D eigenvalue weighted by Crippen LogP contribution is 2.45. The molecule has 0 atom stereocenters. The van der Waals surface area contributed by atoms with Gasteiger partial charge >= 0.3 is 17.9 Å². The minimum atomic E-state index is -0.860. The summed E-state index contributed by atoms with van der Waals surface area (Å²) in [6, 6.07) is 6.30. The Kier molecular flexibility index (Phi) is 7.77. The summed E-state index contributed by atoms with van der Waals surface area (Å²) >= 11 is 6.12. The fraction of sp³-hybridized carbons (Fsp3) is 0.381. The molecule has 0 saturated carbocycles. The summed E-state index contributed by atoms with van der Waals surface area (Å²) in [5, 5.41) is 1.31. The molecule has 0 heterocycles. The molecule has 0 saturated heterocycles. The standard InChI is InChI=1S/C21H23ClO8/c1-21(2,3)20(25)30-18-14-9-13(22)7-6-12(14)8-15(28-16(23)10-26-4)19(18)29-17(24)11-27-5/h6-9H,10-11H2,1-5H3. The molecule has 162 valence electrons. The summed E-state index contributed by atoms with van der Waals surface area (Å²) in [6.07, 6.45) is 0. The average molecular weight is 439 g/mol. The minimum Gasteiger partial charge on any atom is -0.421 e. The van der Waals surface area contributed by atoms with E-state index in [0.29, 0.717) is 15.8 Å². The Morgan fingerprint density at radius 2 is 1.47 bits per heavy atom. The normalized spacial score (nSPS) is 11.3. The fourth-order valence-electron chi connectivity index (χ4n) is 2.34. The molecule has 0 N–H and O–H groups in total. The number of hydrogen-bond acceptors (Lipinski definition) is 8. The van der Waals surface area contributed by atoms with E-state index in [1.54, 1.807) is 39.0 Å². The number of carbonyl (C=O) groups is 3. The number of benzene rings is 2. The van der Waals surface area contributed by atoms with Crippen LogP contribution in [0.4, 0.5) is 0 Å². The Morgan fingerprint density at radius 1 is 0.867 bits per heavy atom. The van der Waals surface area contributed by atoms with Gasteiger partial charge in [-0.2, -0.15) is 0 Å². The smallest absolute Gasteiger partial charge is 0.337 e. The van der Waals surface area contributed by atoms with Crippen molar-refractivity contribution in [3.05, 3.63) is 29.3 Å². The van der Waals surface area contributed by atoms with Crippen LogP contribution in [0.3, 0.4) is 0 Å². The predicted octanol–water partition coefficient (Wildman–Crippen LogP) is 3.55. The largest absolute Gasteiger partial charge is 0.421 e. The molecule has 0 aromatic heterocycles. The molecule has 2 aromatic carbocycles. The Morgan fingerprint density at radius 3 is 2.03 bits per heavy atom. The molecular formula is C21H23ClO8. The molecule has 0 bridgehead atoms.